The van der Waals surface area contributed by atoms with Gasteiger partial charge in [0.2, 0.25) is 0 Å². The van der Waals surface area contributed by atoms with E-state index in [1.54, 1.807) is 6.92 Å². The van der Waals surface area contributed by atoms with Crippen molar-refractivity contribution in [2.45, 2.75) is 39.2 Å². The van der Waals surface area contributed by atoms with Crippen molar-refractivity contribution in [3.8, 4) is 0 Å². The van der Waals surface area contributed by atoms with Crippen LogP contribution in [-0.2, 0) is 6.54 Å². The molecule has 18 heavy (non-hydrogen) atoms. The second-order valence-electron chi connectivity index (χ2n) is 5.72. The van der Waals surface area contributed by atoms with Crippen LogP contribution < -0.4 is 11.2 Å². The van der Waals surface area contributed by atoms with Crippen LogP contribution in [0.2, 0.25) is 0 Å². The van der Waals surface area contributed by atoms with E-state index in [9.17, 15) is 9.59 Å². The minimum atomic E-state index is -0.275. The molecule has 2 aliphatic carbocycles. The van der Waals surface area contributed by atoms with Crippen LogP contribution in [0.5, 0.6) is 0 Å². The molecule has 4 nitrogen and oxygen atoms in total. The SMILES string of the molecule is Cc1[nH]c(=O)n(CC2CC3CCC2C3)c(=O)c1Br. The maximum atomic E-state index is 12.1. The average Bonchev–Trinajstić information content (AvgIpc) is 2.94. The summed E-state index contributed by atoms with van der Waals surface area (Å²) in [5, 5.41) is 0. The zero-order valence-electron chi connectivity index (χ0n) is 10.4. The van der Waals surface area contributed by atoms with Crippen molar-refractivity contribution in [2.75, 3.05) is 0 Å². The third-order valence-corrected chi connectivity index (χ3v) is 5.54. The highest BCUT2D eigenvalue weighted by molar-refractivity contribution is 9.10. The standard InChI is InChI=1S/C13H17BrN2O2/c1-7-11(14)12(17)16(13(18)15-7)6-10-5-8-2-3-9(10)4-8/h8-10H,2-6H2,1H3,(H,15,18). The highest BCUT2D eigenvalue weighted by Gasteiger charge is 2.39. The third-order valence-electron chi connectivity index (χ3n) is 4.60. The fourth-order valence-corrected chi connectivity index (χ4v) is 3.97. The van der Waals surface area contributed by atoms with Gasteiger partial charge in [-0.05, 0) is 59.9 Å². The van der Waals surface area contributed by atoms with Crippen LogP contribution in [-0.4, -0.2) is 9.55 Å². The van der Waals surface area contributed by atoms with E-state index in [0.29, 0.717) is 22.6 Å². The number of aromatic amines is 1. The molecule has 98 valence electrons. The highest BCUT2D eigenvalue weighted by Crippen LogP contribution is 2.48. The summed E-state index contributed by atoms with van der Waals surface area (Å²) in [6, 6.07) is 0. The minimum Gasteiger partial charge on any atom is -0.310 e. The number of hydrogen-bond donors (Lipinski definition) is 1. The van der Waals surface area contributed by atoms with Gasteiger partial charge in [-0.3, -0.25) is 9.36 Å². The van der Waals surface area contributed by atoms with Crippen LogP contribution >= 0.6 is 15.9 Å². The molecule has 1 aromatic heterocycles. The molecule has 0 amide bonds. The summed E-state index contributed by atoms with van der Waals surface area (Å²) in [7, 11) is 0. The van der Waals surface area contributed by atoms with Crippen molar-refractivity contribution < 1.29 is 0 Å². The van der Waals surface area contributed by atoms with E-state index >= 15 is 0 Å². The molecule has 0 aliphatic heterocycles. The Balaban J connectivity index is 1.92. The normalized spacial score (nSPS) is 30.0. The molecule has 2 saturated carbocycles. The van der Waals surface area contributed by atoms with Crippen molar-refractivity contribution in [2.24, 2.45) is 17.8 Å². The van der Waals surface area contributed by atoms with Gasteiger partial charge in [0.05, 0.1) is 0 Å². The first-order valence-corrected chi connectivity index (χ1v) is 7.34. The predicted molar refractivity (Wildman–Crippen MR) is 72.7 cm³/mol. The van der Waals surface area contributed by atoms with Crippen molar-refractivity contribution in [1.29, 1.82) is 0 Å². The predicted octanol–water partition coefficient (Wildman–Crippen LogP) is 2.04. The van der Waals surface area contributed by atoms with Crippen molar-refractivity contribution in [3.63, 3.8) is 0 Å². The molecule has 1 aromatic rings. The second-order valence-corrected chi connectivity index (χ2v) is 6.51. The zero-order valence-corrected chi connectivity index (χ0v) is 12.0. The molecule has 5 heteroatoms. The Labute approximate surface area is 114 Å². The first kappa shape index (κ1) is 12.2. The van der Waals surface area contributed by atoms with Crippen molar-refractivity contribution in [1.82, 2.24) is 9.55 Å². The first-order valence-electron chi connectivity index (χ1n) is 6.55. The van der Waals surface area contributed by atoms with Crippen molar-refractivity contribution >= 4 is 15.9 Å². The second kappa shape index (κ2) is 4.37. The Hall–Kier alpha value is -0.840. The van der Waals surface area contributed by atoms with Gasteiger partial charge in [0.1, 0.15) is 4.47 Å². The molecule has 0 aromatic carbocycles. The number of rotatable bonds is 2. The zero-order chi connectivity index (χ0) is 12.9. The molecular formula is C13H17BrN2O2. The van der Waals surface area contributed by atoms with E-state index in [2.05, 4.69) is 20.9 Å². The van der Waals surface area contributed by atoms with E-state index in [-0.39, 0.29) is 11.2 Å². The number of fused-ring (bicyclic) bond motifs is 2. The van der Waals surface area contributed by atoms with Gasteiger partial charge in [-0.2, -0.15) is 0 Å². The van der Waals surface area contributed by atoms with Gasteiger partial charge in [-0.15, -0.1) is 0 Å². The van der Waals surface area contributed by atoms with Gasteiger partial charge in [0, 0.05) is 12.2 Å². The Morgan fingerprint density at radius 1 is 1.33 bits per heavy atom. The number of hydrogen-bond acceptors (Lipinski definition) is 2. The summed E-state index contributed by atoms with van der Waals surface area (Å²) in [5.41, 5.74) is 0.136. The lowest BCUT2D eigenvalue weighted by molar-refractivity contribution is 0.288. The molecular weight excluding hydrogens is 296 g/mol. The van der Waals surface area contributed by atoms with E-state index in [4.69, 9.17) is 0 Å². The minimum absolute atomic E-state index is 0.195. The first-order chi connectivity index (χ1) is 8.56. The lowest BCUT2D eigenvalue weighted by Gasteiger charge is -2.22. The van der Waals surface area contributed by atoms with Gasteiger partial charge < -0.3 is 4.98 Å². The molecule has 2 bridgehead atoms. The molecule has 1 N–H and O–H groups in total. The van der Waals surface area contributed by atoms with Crippen LogP contribution in [0, 0.1) is 24.7 Å². The smallest absolute Gasteiger partial charge is 0.310 e. The fourth-order valence-electron chi connectivity index (χ4n) is 3.65. The highest BCUT2D eigenvalue weighted by atomic mass is 79.9. The summed E-state index contributed by atoms with van der Waals surface area (Å²) in [5.74, 6) is 2.07. The van der Waals surface area contributed by atoms with E-state index in [1.165, 1.54) is 30.3 Å². The van der Waals surface area contributed by atoms with E-state index in [1.807, 2.05) is 0 Å². The largest absolute Gasteiger partial charge is 0.328 e. The molecule has 0 radical (unpaired) electrons. The van der Waals surface area contributed by atoms with Gasteiger partial charge in [-0.1, -0.05) is 6.42 Å². The molecule has 3 rings (SSSR count). The summed E-state index contributed by atoms with van der Waals surface area (Å²) in [6.45, 7) is 2.31. The topological polar surface area (TPSA) is 54.9 Å². The van der Waals surface area contributed by atoms with Gasteiger partial charge in [0.15, 0.2) is 0 Å². The summed E-state index contributed by atoms with van der Waals surface area (Å²) in [4.78, 5) is 26.7. The van der Waals surface area contributed by atoms with E-state index < -0.39 is 0 Å². The average molecular weight is 313 g/mol. The molecule has 1 heterocycles. The van der Waals surface area contributed by atoms with Gasteiger partial charge in [0.25, 0.3) is 5.56 Å². The number of halogens is 1. The summed E-state index contributed by atoms with van der Waals surface area (Å²) >= 11 is 3.25. The van der Waals surface area contributed by atoms with Crippen LogP contribution in [0.25, 0.3) is 0 Å². The van der Waals surface area contributed by atoms with Crippen LogP contribution in [0.15, 0.2) is 14.1 Å². The summed E-state index contributed by atoms with van der Waals surface area (Å²) in [6.07, 6.45) is 5.09. The van der Waals surface area contributed by atoms with E-state index in [0.717, 1.165) is 11.8 Å². The Morgan fingerprint density at radius 2 is 2.11 bits per heavy atom. The number of H-pyrrole nitrogens is 1. The maximum absolute atomic E-state index is 12.1. The number of aryl methyl sites for hydroxylation is 1. The Morgan fingerprint density at radius 3 is 2.72 bits per heavy atom. The Kier molecular flexibility index (Phi) is 2.96. The monoisotopic (exact) mass is 312 g/mol. The number of aromatic nitrogens is 2. The molecule has 3 atom stereocenters. The molecule has 2 fully saturated rings. The molecule has 0 spiro atoms. The van der Waals surface area contributed by atoms with Crippen LogP contribution in [0.3, 0.4) is 0 Å². The summed E-state index contributed by atoms with van der Waals surface area (Å²) < 4.78 is 1.84. The van der Waals surface area contributed by atoms with Crippen molar-refractivity contribution in [3.05, 3.63) is 31.0 Å². The number of nitrogens with one attached hydrogen (secondary N) is 1. The molecule has 2 aliphatic rings. The number of nitrogens with zero attached hydrogens (tertiary/aromatic N) is 1. The van der Waals surface area contributed by atoms with Crippen LogP contribution in [0.1, 0.15) is 31.4 Å². The molecule has 0 saturated heterocycles. The van der Waals surface area contributed by atoms with Gasteiger partial charge in [-0.25, -0.2) is 4.79 Å². The Bertz CT molecular complexity index is 590. The lowest BCUT2D eigenvalue weighted by atomic mass is 9.89. The molecule has 3 unspecified atom stereocenters. The fraction of sp³-hybridized carbons (Fsp3) is 0.692. The van der Waals surface area contributed by atoms with Crippen LogP contribution in [0.4, 0.5) is 0 Å². The quantitative estimate of drug-likeness (QED) is 0.908. The maximum Gasteiger partial charge on any atom is 0.328 e. The lowest BCUT2D eigenvalue weighted by Crippen LogP contribution is -2.39. The third kappa shape index (κ3) is 1.88. The van der Waals surface area contributed by atoms with Gasteiger partial charge >= 0.3 is 5.69 Å².